The van der Waals surface area contributed by atoms with Crippen molar-refractivity contribution in [3.63, 3.8) is 0 Å². The van der Waals surface area contributed by atoms with Crippen LogP contribution in [-0.4, -0.2) is 41.5 Å². The van der Waals surface area contributed by atoms with Crippen LogP contribution in [0.5, 0.6) is 0 Å². The SMILES string of the molecule is C[C@@H](NC(=O)N1CCCC2CN3CCc4ccccc4C3CC21)c1ccccc1. The van der Waals surface area contributed by atoms with Crippen LogP contribution in [0, 0.1) is 5.92 Å². The number of nitrogens with one attached hydrogen (secondary N) is 1. The first kappa shape index (κ1) is 18.7. The van der Waals surface area contributed by atoms with E-state index in [0.29, 0.717) is 18.0 Å². The molecule has 0 spiro atoms. The first-order valence-corrected chi connectivity index (χ1v) is 11.1. The Labute approximate surface area is 173 Å². The van der Waals surface area contributed by atoms with Crippen LogP contribution >= 0.6 is 0 Å². The second kappa shape index (κ2) is 7.83. The molecule has 3 aliphatic rings. The second-order valence-corrected chi connectivity index (χ2v) is 8.94. The summed E-state index contributed by atoms with van der Waals surface area (Å²) in [5, 5.41) is 3.26. The average molecular weight is 390 g/mol. The Morgan fingerprint density at radius 2 is 1.86 bits per heavy atom. The van der Waals surface area contributed by atoms with E-state index in [2.05, 4.69) is 58.4 Å². The van der Waals surface area contributed by atoms with Gasteiger partial charge >= 0.3 is 6.03 Å². The number of amides is 2. The number of carbonyl (C=O) groups is 1. The van der Waals surface area contributed by atoms with E-state index in [9.17, 15) is 4.79 Å². The lowest BCUT2D eigenvalue weighted by Gasteiger charge is -2.52. The number of rotatable bonds is 2. The van der Waals surface area contributed by atoms with Gasteiger partial charge in [-0.1, -0.05) is 54.6 Å². The molecule has 0 aromatic heterocycles. The molecule has 0 aliphatic carbocycles. The molecule has 3 aliphatic heterocycles. The van der Waals surface area contributed by atoms with Crippen molar-refractivity contribution in [2.75, 3.05) is 19.6 Å². The Kier molecular flexibility index (Phi) is 5.04. The van der Waals surface area contributed by atoms with Crippen molar-refractivity contribution in [1.29, 1.82) is 0 Å². The van der Waals surface area contributed by atoms with Crippen molar-refractivity contribution in [3.8, 4) is 0 Å². The zero-order chi connectivity index (χ0) is 19.8. The van der Waals surface area contributed by atoms with Crippen LogP contribution in [0.15, 0.2) is 54.6 Å². The molecule has 152 valence electrons. The molecule has 2 amide bonds. The molecule has 2 aromatic carbocycles. The topological polar surface area (TPSA) is 35.6 Å². The summed E-state index contributed by atoms with van der Waals surface area (Å²) >= 11 is 0. The standard InChI is InChI=1S/C25H31N3O/c1-18(19-8-3-2-4-9-19)26-25(29)28-14-7-11-21-17-27-15-13-20-10-5-6-12-22(20)24(27)16-23(21)28/h2-6,8-10,12,18,21,23-24H,7,11,13-17H2,1H3,(H,26,29)/t18-,21?,23?,24?/m1/s1. The molecule has 0 saturated carbocycles. The number of likely N-dealkylation sites (tertiary alicyclic amines) is 1. The average Bonchev–Trinajstić information content (AvgIpc) is 2.77. The van der Waals surface area contributed by atoms with E-state index in [-0.39, 0.29) is 12.1 Å². The second-order valence-electron chi connectivity index (χ2n) is 8.94. The normalized spacial score (nSPS) is 27.3. The van der Waals surface area contributed by atoms with Crippen LogP contribution in [0.1, 0.15) is 55.0 Å². The lowest BCUT2D eigenvalue weighted by Crippen LogP contribution is -2.59. The minimum Gasteiger partial charge on any atom is -0.331 e. The van der Waals surface area contributed by atoms with Crippen LogP contribution in [-0.2, 0) is 6.42 Å². The number of hydrogen-bond acceptors (Lipinski definition) is 2. The summed E-state index contributed by atoms with van der Waals surface area (Å²) in [5.41, 5.74) is 4.14. The van der Waals surface area contributed by atoms with Crippen LogP contribution in [0.3, 0.4) is 0 Å². The monoisotopic (exact) mass is 389 g/mol. The number of fused-ring (bicyclic) bond motifs is 4. The van der Waals surface area contributed by atoms with Crippen molar-refractivity contribution < 1.29 is 4.79 Å². The van der Waals surface area contributed by atoms with Crippen molar-refractivity contribution in [2.45, 2.75) is 50.7 Å². The lowest BCUT2D eigenvalue weighted by atomic mass is 9.77. The summed E-state index contributed by atoms with van der Waals surface area (Å²) < 4.78 is 0. The molecule has 2 saturated heterocycles. The van der Waals surface area contributed by atoms with E-state index in [1.54, 1.807) is 0 Å². The Morgan fingerprint density at radius 1 is 1.07 bits per heavy atom. The highest BCUT2D eigenvalue weighted by molar-refractivity contribution is 5.75. The summed E-state index contributed by atoms with van der Waals surface area (Å²) in [6.45, 7) is 5.24. The van der Waals surface area contributed by atoms with Gasteiger partial charge in [-0.25, -0.2) is 4.79 Å². The number of nitrogens with zero attached hydrogens (tertiary/aromatic N) is 2. The predicted octanol–water partition coefficient (Wildman–Crippen LogP) is 4.54. The Bertz CT molecular complexity index is 867. The largest absolute Gasteiger partial charge is 0.331 e. The van der Waals surface area contributed by atoms with Gasteiger partial charge in [0.2, 0.25) is 0 Å². The molecule has 0 radical (unpaired) electrons. The zero-order valence-electron chi connectivity index (χ0n) is 17.3. The van der Waals surface area contributed by atoms with Crippen molar-refractivity contribution in [2.24, 2.45) is 5.92 Å². The van der Waals surface area contributed by atoms with Gasteiger partial charge in [-0.3, -0.25) is 4.90 Å². The third-order valence-electron chi connectivity index (χ3n) is 7.28. The first-order valence-electron chi connectivity index (χ1n) is 11.1. The molecule has 2 fully saturated rings. The molecule has 29 heavy (non-hydrogen) atoms. The van der Waals surface area contributed by atoms with E-state index in [1.165, 1.54) is 17.5 Å². The van der Waals surface area contributed by atoms with Gasteiger partial charge in [-0.15, -0.1) is 0 Å². The van der Waals surface area contributed by atoms with E-state index < -0.39 is 0 Å². The quantitative estimate of drug-likeness (QED) is 0.818. The van der Waals surface area contributed by atoms with E-state index in [1.807, 2.05) is 18.2 Å². The highest BCUT2D eigenvalue weighted by Gasteiger charge is 2.43. The van der Waals surface area contributed by atoms with Crippen molar-refractivity contribution in [3.05, 3.63) is 71.3 Å². The Balaban J connectivity index is 1.34. The molecule has 2 aromatic rings. The van der Waals surface area contributed by atoms with Gasteiger partial charge in [0.1, 0.15) is 0 Å². The fourth-order valence-electron chi connectivity index (χ4n) is 5.74. The van der Waals surface area contributed by atoms with E-state index in [4.69, 9.17) is 0 Å². The fraction of sp³-hybridized carbons (Fsp3) is 0.480. The molecule has 4 atom stereocenters. The number of benzene rings is 2. The highest BCUT2D eigenvalue weighted by Crippen LogP contribution is 2.42. The molecule has 0 bridgehead atoms. The van der Waals surface area contributed by atoms with Crippen LogP contribution in [0.25, 0.3) is 0 Å². The number of urea groups is 1. The van der Waals surface area contributed by atoms with Gasteiger partial charge < -0.3 is 10.2 Å². The van der Waals surface area contributed by atoms with Gasteiger partial charge in [0, 0.05) is 31.7 Å². The summed E-state index contributed by atoms with van der Waals surface area (Å²) in [5.74, 6) is 0.600. The van der Waals surface area contributed by atoms with Gasteiger partial charge in [-0.05, 0) is 55.2 Å². The first-order chi connectivity index (χ1) is 14.2. The lowest BCUT2D eigenvalue weighted by molar-refractivity contribution is 0.00533. The summed E-state index contributed by atoms with van der Waals surface area (Å²) in [7, 11) is 0. The van der Waals surface area contributed by atoms with Crippen LogP contribution < -0.4 is 5.32 Å². The number of piperidine rings is 2. The molecule has 4 heteroatoms. The van der Waals surface area contributed by atoms with Crippen LogP contribution in [0.2, 0.25) is 0 Å². The van der Waals surface area contributed by atoms with Crippen molar-refractivity contribution in [1.82, 2.24) is 15.1 Å². The van der Waals surface area contributed by atoms with Crippen molar-refractivity contribution >= 4 is 6.03 Å². The maximum atomic E-state index is 13.2. The van der Waals surface area contributed by atoms with Gasteiger partial charge in [0.25, 0.3) is 0 Å². The third-order valence-corrected chi connectivity index (χ3v) is 7.28. The molecule has 5 rings (SSSR count). The number of carbonyl (C=O) groups excluding carboxylic acids is 1. The summed E-state index contributed by atoms with van der Waals surface area (Å²) in [6, 6.07) is 20.1. The molecule has 3 unspecified atom stereocenters. The predicted molar refractivity (Wildman–Crippen MR) is 116 cm³/mol. The molecule has 4 nitrogen and oxygen atoms in total. The van der Waals surface area contributed by atoms with Gasteiger partial charge in [0.05, 0.1) is 6.04 Å². The maximum absolute atomic E-state index is 13.2. The molecular weight excluding hydrogens is 358 g/mol. The smallest absolute Gasteiger partial charge is 0.318 e. The minimum atomic E-state index is 0.0274. The van der Waals surface area contributed by atoms with E-state index >= 15 is 0 Å². The van der Waals surface area contributed by atoms with E-state index in [0.717, 1.165) is 44.5 Å². The number of hydrogen-bond donors (Lipinski definition) is 1. The molecular formula is C25H31N3O. The zero-order valence-corrected chi connectivity index (χ0v) is 17.3. The maximum Gasteiger partial charge on any atom is 0.318 e. The molecule has 1 N–H and O–H groups in total. The minimum absolute atomic E-state index is 0.0274. The Morgan fingerprint density at radius 3 is 2.72 bits per heavy atom. The van der Waals surface area contributed by atoms with Gasteiger partial charge in [-0.2, -0.15) is 0 Å². The molecule has 3 heterocycles. The Hall–Kier alpha value is -2.33. The van der Waals surface area contributed by atoms with Gasteiger partial charge in [0.15, 0.2) is 0 Å². The fourth-order valence-corrected chi connectivity index (χ4v) is 5.74. The summed E-state index contributed by atoms with van der Waals surface area (Å²) in [6.07, 6.45) is 4.58. The highest BCUT2D eigenvalue weighted by atomic mass is 16.2. The van der Waals surface area contributed by atoms with Crippen LogP contribution in [0.4, 0.5) is 4.79 Å². The summed E-state index contributed by atoms with van der Waals surface area (Å²) in [4.78, 5) is 18.1. The third kappa shape index (κ3) is 3.55.